The third kappa shape index (κ3) is 4.77. The van der Waals surface area contributed by atoms with E-state index in [0.717, 1.165) is 0 Å². The summed E-state index contributed by atoms with van der Waals surface area (Å²) in [5.74, 6) is -1.32. The standard InChI is InChI=1S/C12H14ClN3O4/c1-14-10(17)4-5-15-12(20)16-7-2-3-8(11(18)19)9(13)6-7/h2-3,6H,4-5H2,1H3,(H,14,17)(H,18,19)(H2,15,16,20). The van der Waals surface area contributed by atoms with Gasteiger partial charge in [0.25, 0.3) is 0 Å². The van der Waals surface area contributed by atoms with Crippen molar-refractivity contribution in [3.63, 3.8) is 0 Å². The Morgan fingerprint density at radius 1 is 1.30 bits per heavy atom. The van der Waals surface area contributed by atoms with E-state index < -0.39 is 12.0 Å². The average molecular weight is 300 g/mol. The Bertz CT molecular complexity index is 533. The Labute approximate surface area is 120 Å². The minimum Gasteiger partial charge on any atom is -0.478 e. The second-order valence-corrected chi connectivity index (χ2v) is 4.21. The van der Waals surface area contributed by atoms with Crippen molar-refractivity contribution < 1.29 is 19.5 Å². The van der Waals surface area contributed by atoms with Crippen molar-refractivity contribution in [3.05, 3.63) is 28.8 Å². The fourth-order valence-corrected chi connectivity index (χ4v) is 1.62. The molecule has 0 aliphatic heterocycles. The molecule has 0 saturated carbocycles. The van der Waals surface area contributed by atoms with Crippen LogP contribution in [0.1, 0.15) is 16.8 Å². The number of carboxylic acid groups (broad SMARTS) is 1. The van der Waals surface area contributed by atoms with Crippen LogP contribution < -0.4 is 16.0 Å². The van der Waals surface area contributed by atoms with Crippen molar-refractivity contribution in [2.24, 2.45) is 0 Å². The number of carbonyl (C=O) groups is 3. The van der Waals surface area contributed by atoms with Crippen molar-refractivity contribution in [3.8, 4) is 0 Å². The van der Waals surface area contributed by atoms with Crippen molar-refractivity contribution in [1.29, 1.82) is 0 Å². The van der Waals surface area contributed by atoms with Crippen molar-refractivity contribution in [2.45, 2.75) is 6.42 Å². The van der Waals surface area contributed by atoms with Gasteiger partial charge >= 0.3 is 12.0 Å². The fourth-order valence-electron chi connectivity index (χ4n) is 1.36. The summed E-state index contributed by atoms with van der Waals surface area (Å²) < 4.78 is 0. The number of nitrogens with one attached hydrogen (secondary N) is 3. The normalized spacial score (nSPS) is 9.70. The van der Waals surface area contributed by atoms with Gasteiger partial charge in [-0.05, 0) is 18.2 Å². The van der Waals surface area contributed by atoms with E-state index in [1.54, 1.807) is 0 Å². The molecule has 0 aliphatic carbocycles. The van der Waals surface area contributed by atoms with Crippen LogP contribution in [0.3, 0.4) is 0 Å². The Morgan fingerprint density at radius 3 is 2.55 bits per heavy atom. The number of hydrogen-bond acceptors (Lipinski definition) is 3. The molecule has 1 rings (SSSR count). The monoisotopic (exact) mass is 299 g/mol. The minimum atomic E-state index is -1.14. The molecule has 0 aromatic heterocycles. The fraction of sp³-hybridized carbons (Fsp3) is 0.250. The van der Waals surface area contributed by atoms with Gasteiger partial charge in [0.2, 0.25) is 5.91 Å². The molecule has 0 spiro atoms. The average Bonchev–Trinajstić information content (AvgIpc) is 2.38. The summed E-state index contributed by atoms with van der Waals surface area (Å²) in [6, 6.07) is 3.55. The highest BCUT2D eigenvalue weighted by atomic mass is 35.5. The van der Waals surface area contributed by atoms with Crippen LogP contribution in [0.15, 0.2) is 18.2 Å². The molecule has 3 amide bonds. The number of rotatable bonds is 5. The maximum Gasteiger partial charge on any atom is 0.337 e. The van der Waals surface area contributed by atoms with Gasteiger partial charge in [-0.25, -0.2) is 9.59 Å². The zero-order valence-electron chi connectivity index (χ0n) is 10.7. The Kier molecular flexibility index (Phi) is 5.79. The van der Waals surface area contributed by atoms with Crippen molar-refractivity contribution in [2.75, 3.05) is 18.9 Å². The van der Waals surface area contributed by atoms with Crippen LogP contribution in [0.2, 0.25) is 5.02 Å². The lowest BCUT2D eigenvalue weighted by molar-refractivity contribution is -0.120. The molecule has 0 radical (unpaired) electrons. The summed E-state index contributed by atoms with van der Waals surface area (Å²) >= 11 is 5.77. The third-order valence-corrected chi connectivity index (χ3v) is 2.69. The first-order valence-corrected chi connectivity index (χ1v) is 6.10. The van der Waals surface area contributed by atoms with Gasteiger partial charge in [0, 0.05) is 25.7 Å². The largest absolute Gasteiger partial charge is 0.478 e. The summed E-state index contributed by atoms with van der Waals surface area (Å²) in [4.78, 5) is 33.2. The molecule has 20 heavy (non-hydrogen) atoms. The second-order valence-electron chi connectivity index (χ2n) is 3.80. The molecule has 1 aromatic rings. The molecule has 8 heteroatoms. The summed E-state index contributed by atoms with van der Waals surface area (Å²) in [6.07, 6.45) is 0.169. The Morgan fingerprint density at radius 2 is 2.00 bits per heavy atom. The zero-order chi connectivity index (χ0) is 15.1. The van der Waals surface area contributed by atoms with Crippen LogP contribution in [0.25, 0.3) is 0 Å². The van der Waals surface area contributed by atoms with E-state index >= 15 is 0 Å². The first kappa shape index (κ1) is 15.8. The number of halogens is 1. The van der Waals surface area contributed by atoms with E-state index in [1.165, 1.54) is 25.2 Å². The lowest BCUT2D eigenvalue weighted by Crippen LogP contribution is -2.32. The third-order valence-electron chi connectivity index (χ3n) is 2.37. The van der Waals surface area contributed by atoms with E-state index in [2.05, 4.69) is 16.0 Å². The molecule has 0 unspecified atom stereocenters. The number of benzene rings is 1. The van der Waals surface area contributed by atoms with Gasteiger partial charge in [-0.1, -0.05) is 11.6 Å². The first-order valence-electron chi connectivity index (χ1n) is 5.72. The Balaban J connectivity index is 2.52. The first-order chi connectivity index (χ1) is 9.43. The van der Waals surface area contributed by atoms with Gasteiger partial charge < -0.3 is 21.1 Å². The predicted molar refractivity (Wildman–Crippen MR) is 74.1 cm³/mol. The number of aromatic carboxylic acids is 1. The Hall–Kier alpha value is -2.28. The highest BCUT2D eigenvalue weighted by Gasteiger charge is 2.10. The van der Waals surface area contributed by atoms with E-state index in [4.69, 9.17) is 16.7 Å². The number of urea groups is 1. The molecule has 0 atom stereocenters. The molecule has 7 nitrogen and oxygen atoms in total. The van der Waals surface area contributed by atoms with E-state index in [9.17, 15) is 14.4 Å². The predicted octanol–water partition coefficient (Wildman–Crippen LogP) is 1.30. The summed E-state index contributed by atoms with van der Waals surface area (Å²) in [5.41, 5.74) is 0.315. The highest BCUT2D eigenvalue weighted by Crippen LogP contribution is 2.20. The van der Waals surface area contributed by atoms with Crippen LogP contribution >= 0.6 is 11.6 Å². The van der Waals surface area contributed by atoms with Crippen molar-refractivity contribution >= 4 is 35.2 Å². The molecule has 0 bridgehead atoms. The van der Waals surface area contributed by atoms with Gasteiger partial charge in [0.15, 0.2) is 0 Å². The molecular weight excluding hydrogens is 286 g/mol. The number of amides is 3. The number of hydrogen-bond donors (Lipinski definition) is 4. The smallest absolute Gasteiger partial charge is 0.337 e. The maximum atomic E-state index is 11.5. The van der Waals surface area contributed by atoms with Gasteiger partial charge in [0.05, 0.1) is 10.6 Å². The highest BCUT2D eigenvalue weighted by molar-refractivity contribution is 6.33. The summed E-state index contributed by atoms with van der Waals surface area (Å²) in [6.45, 7) is 0.187. The zero-order valence-corrected chi connectivity index (χ0v) is 11.5. The molecule has 0 fully saturated rings. The van der Waals surface area contributed by atoms with Gasteiger partial charge in [-0.15, -0.1) is 0 Å². The van der Waals surface area contributed by atoms with E-state index in [-0.39, 0.29) is 29.5 Å². The van der Waals surface area contributed by atoms with Crippen LogP contribution in [0.5, 0.6) is 0 Å². The minimum absolute atomic E-state index is 0.0284. The van der Waals surface area contributed by atoms with Gasteiger partial charge in [-0.2, -0.15) is 0 Å². The van der Waals surface area contributed by atoms with E-state index in [0.29, 0.717) is 5.69 Å². The molecular formula is C12H14ClN3O4. The molecule has 0 saturated heterocycles. The molecule has 0 heterocycles. The van der Waals surface area contributed by atoms with E-state index in [1.807, 2.05) is 0 Å². The lowest BCUT2D eigenvalue weighted by Gasteiger charge is -2.08. The van der Waals surface area contributed by atoms with Crippen LogP contribution in [0, 0.1) is 0 Å². The quantitative estimate of drug-likeness (QED) is 0.657. The maximum absolute atomic E-state index is 11.5. The lowest BCUT2D eigenvalue weighted by atomic mass is 10.2. The second kappa shape index (κ2) is 7.34. The number of carboxylic acids is 1. The van der Waals surface area contributed by atoms with Gasteiger partial charge in [-0.3, -0.25) is 4.79 Å². The van der Waals surface area contributed by atoms with Crippen molar-refractivity contribution in [1.82, 2.24) is 10.6 Å². The summed E-state index contributed by atoms with van der Waals surface area (Å²) in [5, 5.41) is 16.2. The molecule has 108 valence electrons. The number of anilines is 1. The summed E-state index contributed by atoms with van der Waals surface area (Å²) in [7, 11) is 1.51. The number of carbonyl (C=O) groups excluding carboxylic acids is 2. The molecule has 0 aliphatic rings. The van der Waals surface area contributed by atoms with Crippen LogP contribution in [-0.4, -0.2) is 36.6 Å². The topological polar surface area (TPSA) is 108 Å². The molecule has 4 N–H and O–H groups in total. The SMILES string of the molecule is CNC(=O)CCNC(=O)Nc1ccc(C(=O)O)c(Cl)c1. The molecule has 1 aromatic carbocycles. The van der Waals surface area contributed by atoms with Crippen LogP contribution in [0.4, 0.5) is 10.5 Å². The van der Waals surface area contributed by atoms with Crippen LogP contribution in [-0.2, 0) is 4.79 Å². The van der Waals surface area contributed by atoms with Gasteiger partial charge in [0.1, 0.15) is 0 Å².